The second kappa shape index (κ2) is 10.8. The zero-order valence-electron chi connectivity index (χ0n) is 17.1. The van der Waals surface area contributed by atoms with Crippen molar-refractivity contribution in [2.24, 2.45) is 5.10 Å². The summed E-state index contributed by atoms with van der Waals surface area (Å²) in [6.07, 6.45) is 0. The Morgan fingerprint density at radius 2 is 1.64 bits per heavy atom. The molecule has 0 aliphatic carbocycles. The van der Waals surface area contributed by atoms with Gasteiger partial charge in [-0.25, -0.2) is 14.6 Å². The second-order valence-corrected chi connectivity index (χ2v) is 7.90. The molecule has 7 nitrogen and oxygen atoms in total. The summed E-state index contributed by atoms with van der Waals surface area (Å²) in [6.45, 7) is 1.55. The fraction of sp³-hybridized carbons (Fsp3) is 0.0435. The number of esters is 1. The zero-order chi connectivity index (χ0) is 24.0. The molecule has 168 valence electrons. The van der Waals surface area contributed by atoms with Gasteiger partial charge in [0, 0.05) is 10.0 Å². The van der Waals surface area contributed by atoms with Gasteiger partial charge in [0.1, 0.15) is 11.6 Å². The Kier molecular flexibility index (Phi) is 7.92. The fourth-order valence-corrected chi connectivity index (χ4v) is 3.20. The van der Waals surface area contributed by atoms with Crippen molar-refractivity contribution < 1.29 is 23.5 Å². The van der Waals surface area contributed by atoms with Crippen LogP contribution in [0.25, 0.3) is 0 Å². The SMILES string of the molecule is C/C(=N\NC(=O)C(=O)Nc1ccc(Br)cc1F)c1ccccc1OC(=O)c1ccccc1Cl. The van der Waals surface area contributed by atoms with Crippen LogP contribution in [0.15, 0.2) is 76.3 Å². The minimum Gasteiger partial charge on any atom is -0.422 e. The number of amides is 2. The number of benzene rings is 3. The van der Waals surface area contributed by atoms with Crippen LogP contribution in [0, 0.1) is 5.82 Å². The summed E-state index contributed by atoms with van der Waals surface area (Å²) < 4.78 is 19.8. The van der Waals surface area contributed by atoms with Crippen molar-refractivity contribution in [1.29, 1.82) is 0 Å². The number of rotatable bonds is 5. The predicted molar refractivity (Wildman–Crippen MR) is 126 cm³/mol. The Labute approximate surface area is 201 Å². The Morgan fingerprint density at radius 3 is 2.33 bits per heavy atom. The normalized spacial score (nSPS) is 11.0. The number of para-hydroxylation sites is 1. The molecule has 0 atom stereocenters. The molecule has 0 fully saturated rings. The second-order valence-electron chi connectivity index (χ2n) is 6.58. The van der Waals surface area contributed by atoms with E-state index in [1.54, 1.807) is 49.4 Å². The first-order valence-corrected chi connectivity index (χ1v) is 10.6. The largest absolute Gasteiger partial charge is 0.422 e. The van der Waals surface area contributed by atoms with Crippen LogP contribution in [0.4, 0.5) is 10.1 Å². The maximum atomic E-state index is 13.9. The highest BCUT2D eigenvalue weighted by atomic mass is 79.9. The summed E-state index contributed by atoms with van der Waals surface area (Å²) >= 11 is 9.15. The number of anilines is 1. The molecule has 0 aromatic heterocycles. The number of nitrogens with one attached hydrogen (secondary N) is 2. The Hall–Kier alpha value is -3.56. The van der Waals surface area contributed by atoms with Gasteiger partial charge in [-0.05, 0) is 49.4 Å². The molecular weight excluding hydrogens is 517 g/mol. The molecule has 2 N–H and O–H groups in total. The first kappa shape index (κ1) is 24.1. The molecule has 2 amide bonds. The van der Waals surface area contributed by atoms with E-state index >= 15 is 0 Å². The number of hydrazone groups is 1. The Bertz CT molecular complexity index is 1270. The maximum absolute atomic E-state index is 13.9. The smallest absolute Gasteiger partial charge is 0.345 e. The van der Waals surface area contributed by atoms with E-state index in [1.807, 2.05) is 0 Å². The zero-order valence-corrected chi connectivity index (χ0v) is 19.4. The van der Waals surface area contributed by atoms with Gasteiger partial charge in [-0.3, -0.25) is 9.59 Å². The number of carbonyl (C=O) groups excluding carboxylic acids is 3. The van der Waals surface area contributed by atoms with Crippen LogP contribution in [0.5, 0.6) is 5.75 Å². The first-order chi connectivity index (χ1) is 15.8. The number of hydrogen-bond donors (Lipinski definition) is 2. The third-order valence-corrected chi connectivity index (χ3v) is 5.11. The molecule has 0 aliphatic heterocycles. The summed E-state index contributed by atoms with van der Waals surface area (Å²) in [4.78, 5) is 36.6. The van der Waals surface area contributed by atoms with Gasteiger partial charge in [0.15, 0.2) is 0 Å². The number of ether oxygens (including phenoxy) is 1. The van der Waals surface area contributed by atoms with E-state index in [0.29, 0.717) is 10.0 Å². The van der Waals surface area contributed by atoms with Gasteiger partial charge < -0.3 is 10.1 Å². The Morgan fingerprint density at radius 1 is 0.970 bits per heavy atom. The van der Waals surface area contributed by atoms with E-state index in [2.05, 4.69) is 31.8 Å². The molecule has 0 saturated heterocycles. The number of carbonyl (C=O) groups is 3. The molecule has 3 rings (SSSR count). The highest BCUT2D eigenvalue weighted by Crippen LogP contribution is 2.23. The molecule has 0 aliphatic rings. The number of nitrogens with zero attached hydrogens (tertiary/aromatic N) is 1. The molecule has 0 heterocycles. The summed E-state index contributed by atoms with van der Waals surface area (Å²) in [5.41, 5.74) is 2.79. The monoisotopic (exact) mass is 531 g/mol. The predicted octanol–water partition coefficient (Wildman–Crippen LogP) is 4.94. The summed E-state index contributed by atoms with van der Waals surface area (Å²) in [5, 5.41) is 6.29. The Balaban J connectivity index is 1.70. The average molecular weight is 533 g/mol. The van der Waals surface area contributed by atoms with Crippen molar-refractivity contribution in [2.45, 2.75) is 6.92 Å². The van der Waals surface area contributed by atoms with E-state index in [9.17, 15) is 18.8 Å². The van der Waals surface area contributed by atoms with Crippen molar-refractivity contribution in [3.8, 4) is 5.75 Å². The molecule has 0 saturated carbocycles. The lowest BCUT2D eigenvalue weighted by atomic mass is 10.1. The summed E-state index contributed by atoms with van der Waals surface area (Å²) in [6, 6.07) is 16.9. The highest BCUT2D eigenvalue weighted by molar-refractivity contribution is 9.10. The summed E-state index contributed by atoms with van der Waals surface area (Å²) in [7, 11) is 0. The lowest BCUT2D eigenvalue weighted by molar-refractivity contribution is -0.136. The minimum absolute atomic E-state index is 0.157. The van der Waals surface area contributed by atoms with Crippen molar-refractivity contribution in [3.63, 3.8) is 0 Å². The fourth-order valence-electron chi connectivity index (χ4n) is 2.65. The van der Waals surface area contributed by atoms with Crippen molar-refractivity contribution in [3.05, 3.63) is 93.2 Å². The standard InChI is InChI=1S/C23H16BrClFN3O4/c1-13(28-29-22(31)21(30)27-19-11-10-14(24)12-18(19)26)15-6-3-5-9-20(15)33-23(32)16-7-2-4-8-17(16)25/h2-12H,1H3,(H,27,30)(H,29,31)/b28-13+. The van der Waals surface area contributed by atoms with Gasteiger partial charge in [0.25, 0.3) is 0 Å². The van der Waals surface area contributed by atoms with E-state index < -0.39 is 23.6 Å². The topological polar surface area (TPSA) is 96.9 Å². The first-order valence-electron chi connectivity index (χ1n) is 9.43. The number of hydrogen-bond acceptors (Lipinski definition) is 5. The van der Waals surface area contributed by atoms with Crippen LogP contribution in [-0.4, -0.2) is 23.5 Å². The highest BCUT2D eigenvalue weighted by Gasteiger charge is 2.18. The van der Waals surface area contributed by atoms with E-state index in [0.717, 1.165) is 6.07 Å². The van der Waals surface area contributed by atoms with Gasteiger partial charge in [-0.15, -0.1) is 0 Å². The molecule has 33 heavy (non-hydrogen) atoms. The van der Waals surface area contributed by atoms with Gasteiger partial charge in [-0.2, -0.15) is 5.10 Å². The van der Waals surface area contributed by atoms with Crippen LogP contribution in [0.3, 0.4) is 0 Å². The molecule has 3 aromatic rings. The van der Waals surface area contributed by atoms with Gasteiger partial charge in [0.2, 0.25) is 0 Å². The molecular formula is C23H16BrClFN3O4. The van der Waals surface area contributed by atoms with Gasteiger partial charge in [-0.1, -0.05) is 51.8 Å². The van der Waals surface area contributed by atoms with Crippen LogP contribution in [0.2, 0.25) is 5.02 Å². The molecule has 0 unspecified atom stereocenters. The lowest BCUT2D eigenvalue weighted by Gasteiger charge is -2.11. The van der Waals surface area contributed by atoms with Gasteiger partial charge >= 0.3 is 17.8 Å². The van der Waals surface area contributed by atoms with E-state index in [4.69, 9.17) is 16.3 Å². The number of halogens is 3. The molecule has 3 aromatic carbocycles. The molecule has 0 radical (unpaired) electrons. The molecule has 10 heteroatoms. The molecule has 0 spiro atoms. The minimum atomic E-state index is -1.11. The van der Waals surface area contributed by atoms with Crippen LogP contribution < -0.4 is 15.5 Å². The lowest BCUT2D eigenvalue weighted by Crippen LogP contribution is -2.33. The van der Waals surface area contributed by atoms with Crippen LogP contribution >= 0.6 is 27.5 Å². The van der Waals surface area contributed by atoms with Crippen molar-refractivity contribution in [1.82, 2.24) is 5.43 Å². The van der Waals surface area contributed by atoms with E-state index in [-0.39, 0.29) is 27.7 Å². The van der Waals surface area contributed by atoms with Crippen LogP contribution in [0.1, 0.15) is 22.8 Å². The maximum Gasteiger partial charge on any atom is 0.345 e. The van der Waals surface area contributed by atoms with Crippen molar-refractivity contribution >= 4 is 56.7 Å². The summed E-state index contributed by atoms with van der Waals surface area (Å²) in [5.74, 6) is -3.41. The van der Waals surface area contributed by atoms with E-state index in [1.165, 1.54) is 18.2 Å². The molecule has 0 bridgehead atoms. The van der Waals surface area contributed by atoms with Crippen LogP contribution in [-0.2, 0) is 9.59 Å². The quantitative estimate of drug-likeness (QED) is 0.160. The van der Waals surface area contributed by atoms with Crippen molar-refractivity contribution in [2.75, 3.05) is 5.32 Å². The third-order valence-electron chi connectivity index (χ3n) is 4.28. The van der Waals surface area contributed by atoms with Gasteiger partial charge in [0.05, 0.1) is 22.0 Å². The average Bonchev–Trinajstić information content (AvgIpc) is 2.79. The third kappa shape index (κ3) is 6.24.